The largest absolute Gasteiger partial charge is 0.481 e. The molecular formula is C12H13ClO4S. The number of halogens is 1. The lowest BCUT2D eigenvalue weighted by Crippen LogP contribution is -2.14. The lowest BCUT2D eigenvalue weighted by atomic mass is 10.1. The van der Waals surface area contributed by atoms with Gasteiger partial charge in [0.05, 0.1) is 11.2 Å². The summed E-state index contributed by atoms with van der Waals surface area (Å²) in [7, 11) is -3.34. The van der Waals surface area contributed by atoms with Crippen molar-refractivity contribution in [3.8, 4) is 0 Å². The number of carboxylic acids is 1. The quantitative estimate of drug-likeness (QED) is 0.919. The molecule has 18 heavy (non-hydrogen) atoms. The Morgan fingerprint density at radius 2 is 1.89 bits per heavy atom. The van der Waals surface area contributed by atoms with Gasteiger partial charge in [-0.2, -0.15) is 0 Å². The van der Waals surface area contributed by atoms with E-state index in [4.69, 9.17) is 16.7 Å². The average Bonchev–Trinajstić information content (AvgIpc) is 3.06. The Hall–Kier alpha value is -1.07. The Morgan fingerprint density at radius 3 is 2.33 bits per heavy atom. The van der Waals surface area contributed by atoms with E-state index in [-0.39, 0.29) is 5.75 Å². The van der Waals surface area contributed by atoms with Gasteiger partial charge in [0.25, 0.3) is 0 Å². The standard InChI is InChI=1S/C12H13ClO4S/c1-2-18(16,17)11-9(10(11)12(14)15)7-3-5-8(13)6-4-7/h3-6,9-11H,2H2,1H3,(H,14,15)/t9-,10+,11-/m0/s1. The third kappa shape index (κ3) is 2.24. The number of carboxylic acid groups (broad SMARTS) is 1. The predicted octanol–water partition coefficient (Wildman–Crippen LogP) is 1.94. The SMILES string of the molecule is CCS(=O)(=O)[C@@H]1[C@H](C(=O)O)[C@@H]1c1ccc(Cl)cc1. The van der Waals surface area contributed by atoms with Crippen molar-refractivity contribution >= 4 is 27.4 Å². The monoisotopic (exact) mass is 288 g/mol. The molecule has 1 saturated carbocycles. The molecule has 98 valence electrons. The zero-order chi connectivity index (χ0) is 13.5. The van der Waals surface area contributed by atoms with Crippen LogP contribution >= 0.6 is 11.6 Å². The predicted molar refractivity (Wildman–Crippen MR) is 68.6 cm³/mol. The number of hydrogen-bond donors (Lipinski definition) is 1. The van der Waals surface area contributed by atoms with Crippen molar-refractivity contribution in [1.29, 1.82) is 0 Å². The van der Waals surface area contributed by atoms with Gasteiger partial charge in [0.1, 0.15) is 0 Å². The molecule has 0 radical (unpaired) electrons. The van der Waals surface area contributed by atoms with E-state index in [1.165, 1.54) is 6.92 Å². The number of carbonyl (C=O) groups is 1. The molecule has 2 rings (SSSR count). The minimum atomic E-state index is -3.34. The molecule has 1 aliphatic rings. The summed E-state index contributed by atoms with van der Waals surface area (Å²) < 4.78 is 23.7. The van der Waals surface area contributed by atoms with E-state index >= 15 is 0 Å². The number of benzene rings is 1. The molecule has 0 unspecified atom stereocenters. The summed E-state index contributed by atoms with van der Waals surface area (Å²) in [6.45, 7) is 1.53. The van der Waals surface area contributed by atoms with Crippen molar-refractivity contribution in [2.45, 2.75) is 18.1 Å². The van der Waals surface area contributed by atoms with E-state index in [0.29, 0.717) is 10.6 Å². The van der Waals surface area contributed by atoms with Crippen molar-refractivity contribution < 1.29 is 18.3 Å². The molecule has 0 aromatic heterocycles. The van der Waals surface area contributed by atoms with Crippen LogP contribution in [0.5, 0.6) is 0 Å². The molecule has 0 amide bonds. The van der Waals surface area contributed by atoms with Crippen LogP contribution in [0.4, 0.5) is 0 Å². The van der Waals surface area contributed by atoms with E-state index in [0.717, 1.165) is 0 Å². The second-order valence-corrected chi connectivity index (χ2v) is 7.24. The van der Waals surface area contributed by atoms with Gasteiger partial charge in [0.15, 0.2) is 9.84 Å². The fraction of sp³-hybridized carbons (Fsp3) is 0.417. The maximum absolute atomic E-state index is 11.8. The highest BCUT2D eigenvalue weighted by atomic mass is 35.5. The summed E-state index contributed by atoms with van der Waals surface area (Å²) in [6.07, 6.45) is 0. The fourth-order valence-electron chi connectivity index (χ4n) is 2.30. The topological polar surface area (TPSA) is 71.4 Å². The van der Waals surface area contributed by atoms with E-state index in [9.17, 15) is 13.2 Å². The van der Waals surface area contributed by atoms with Crippen LogP contribution in [-0.4, -0.2) is 30.5 Å². The molecule has 1 aromatic carbocycles. The van der Waals surface area contributed by atoms with Crippen LogP contribution in [-0.2, 0) is 14.6 Å². The molecule has 0 saturated heterocycles. The van der Waals surface area contributed by atoms with Crippen LogP contribution in [0.2, 0.25) is 5.02 Å². The Morgan fingerprint density at radius 1 is 1.33 bits per heavy atom. The first-order valence-electron chi connectivity index (χ1n) is 5.58. The maximum atomic E-state index is 11.8. The molecule has 0 bridgehead atoms. The number of rotatable bonds is 4. The molecule has 0 spiro atoms. The Labute approximate surface area is 110 Å². The van der Waals surface area contributed by atoms with Crippen molar-refractivity contribution in [1.82, 2.24) is 0 Å². The summed E-state index contributed by atoms with van der Waals surface area (Å²) in [6, 6.07) is 6.66. The van der Waals surface area contributed by atoms with Crippen LogP contribution in [0, 0.1) is 5.92 Å². The fourth-order valence-corrected chi connectivity index (χ4v) is 4.22. The lowest BCUT2D eigenvalue weighted by molar-refractivity contribution is -0.138. The normalized spacial score (nSPS) is 26.9. The van der Waals surface area contributed by atoms with Gasteiger partial charge in [-0.25, -0.2) is 8.42 Å². The third-order valence-electron chi connectivity index (χ3n) is 3.31. The molecule has 0 aliphatic heterocycles. The van der Waals surface area contributed by atoms with Gasteiger partial charge in [-0.1, -0.05) is 30.7 Å². The van der Waals surface area contributed by atoms with E-state index < -0.39 is 32.9 Å². The molecule has 1 fully saturated rings. The molecule has 4 nitrogen and oxygen atoms in total. The van der Waals surface area contributed by atoms with Crippen molar-refractivity contribution in [2.75, 3.05) is 5.75 Å². The third-order valence-corrected chi connectivity index (χ3v) is 5.78. The van der Waals surface area contributed by atoms with Gasteiger partial charge >= 0.3 is 5.97 Å². The summed E-state index contributed by atoms with van der Waals surface area (Å²) in [5, 5.41) is 8.82. The van der Waals surface area contributed by atoms with Crippen molar-refractivity contribution in [2.24, 2.45) is 5.92 Å². The lowest BCUT2D eigenvalue weighted by Gasteiger charge is -2.00. The first-order chi connectivity index (χ1) is 8.38. The summed E-state index contributed by atoms with van der Waals surface area (Å²) >= 11 is 5.75. The molecule has 1 N–H and O–H groups in total. The van der Waals surface area contributed by atoms with Crippen LogP contribution in [0.25, 0.3) is 0 Å². The molecular weight excluding hydrogens is 276 g/mol. The number of hydrogen-bond acceptors (Lipinski definition) is 3. The van der Waals surface area contributed by atoms with Gasteiger partial charge in [0, 0.05) is 16.7 Å². The zero-order valence-electron chi connectivity index (χ0n) is 9.71. The highest BCUT2D eigenvalue weighted by molar-refractivity contribution is 7.92. The second-order valence-electron chi connectivity index (χ2n) is 4.36. The smallest absolute Gasteiger partial charge is 0.308 e. The second kappa shape index (κ2) is 4.55. The Kier molecular flexibility index (Phi) is 3.38. The Bertz CT molecular complexity index is 564. The summed E-state index contributed by atoms with van der Waals surface area (Å²) in [4.78, 5) is 11.1. The van der Waals surface area contributed by atoms with Gasteiger partial charge in [-0.15, -0.1) is 0 Å². The van der Waals surface area contributed by atoms with Crippen molar-refractivity contribution in [3.05, 3.63) is 34.9 Å². The molecule has 3 atom stereocenters. The van der Waals surface area contributed by atoms with Crippen LogP contribution in [0.1, 0.15) is 18.4 Å². The van der Waals surface area contributed by atoms with E-state index in [1.807, 2.05) is 0 Å². The van der Waals surface area contributed by atoms with E-state index in [1.54, 1.807) is 24.3 Å². The zero-order valence-corrected chi connectivity index (χ0v) is 11.3. The van der Waals surface area contributed by atoms with Gasteiger partial charge in [0.2, 0.25) is 0 Å². The first-order valence-corrected chi connectivity index (χ1v) is 7.67. The van der Waals surface area contributed by atoms with Gasteiger partial charge in [-0.3, -0.25) is 4.79 Å². The summed E-state index contributed by atoms with van der Waals surface area (Å²) in [5.41, 5.74) is 0.717. The van der Waals surface area contributed by atoms with Crippen LogP contribution < -0.4 is 0 Å². The Balaban J connectivity index is 2.33. The minimum Gasteiger partial charge on any atom is -0.481 e. The van der Waals surface area contributed by atoms with Crippen molar-refractivity contribution in [3.63, 3.8) is 0 Å². The van der Waals surface area contributed by atoms with Crippen LogP contribution in [0.3, 0.4) is 0 Å². The highest BCUT2D eigenvalue weighted by Crippen LogP contribution is 2.52. The molecule has 1 aromatic rings. The average molecular weight is 289 g/mol. The molecule has 1 aliphatic carbocycles. The van der Waals surface area contributed by atoms with Crippen LogP contribution in [0.15, 0.2) is 24.3 Å². The number of sulfone groups is 1. The first kappa shape index (κ1) is 13.4. The molecule has 6 heteroatoms. The number of aliphatic carboxylic acids is 1. The maximum Gasteiger partial charge on any atom is 0.308 e. The van der Waals surface area contributed by atoms with Gasteiger partial charge in [-0.05, 0) is 17.7 Å². The van der Waals surface area contributed by atoms with E-state index in [2.05, 4.69) is 0 Å². The highest BCUT2D eigenvalue weighted by Gasteiger charge is 2.62. The van der Waals surface area contributed by atoms with Gasteiger partial charge < -0.3 is 5.11 Å². The summed E-state index contributed by atoms with van der Waals surface area (Å²) in [5.74, 6) is -2.39. The minimum absolute atomic E-state index is 0.0362. The molecule has 0 heterocycles.